The summed E-state index contributed by atoms with van der Waals surface area (Å²) in [5.74, 6) is -0.237. The highest BCUT2D eigenvalue weighted by molar-refractivity contribution is 5.89. The third kappa shape index (κ3) is 2.87. The predicted octanol–water partition coefficient (Wildman–Crippen LogP) is 1.83. The monoisotopic (exact) mass is 240 g/mol. The lowest BCUT2D eigenvalue weighted by Gasteiger charge is -2.21. The standard InChI is InChI=1S/C13H20O4/c1-4-8(3)16-10-6-9(13(14)15-5-2)7-11-12(10)17-11/h6,8,10-12H,4-5,7H2,1-3H3/t8?,10-,11-,12+/m1/s1. The van der Waals surface area contributed by atoms with E-state index in [9.17, 15) is 4.79 Å². The van der Waals surface area contributed by atoms with Crippen LogP contribution < -0.4 is 0 Å². The van der Waals surface area contributed by atoms with Crippen LogP contribution in [0.25, 0.3) is 0 Å². The first-order valence-electron chi connectivity index (χ1n) is 6.34. The number of rotatable bonds is 5. The summed E-state index contributed by atoms with van der Waals surface area (Å²) in [6.45, 7) is 6.32. The van der Waals surface area contributed by atoms with Crippen molar-refractivity contribution >= 4 is 5.97 Å². The van der Waals surface area contributed by atoms with Crippen molar-refractivity contribution in [3.05, 3.63) is 11.6 Å². The molecule has 0 aromatic rings. The number of ether oxygens (including phenoxy) is 3. The number of carbonyl (C=O) groups excluding carboxylic acids is 1. The largest absolute Gasteiger partial charge is 0.463 e. The zero-order valence-electron chi connectivity index (χ0n) is 10.6. The summed E-state index contributed by atoms with van der Waals surface area (Å²) in [6, 6.07) is 0. The van der Waals surface area contributed by atoms with E-state index in [1.807, 2.05) is 19.9 Å². The maximum absolute atomic E-state index is 11.7. The first kappa shape index (κ1) is 12.6. The van der Waals surface area contributed by atoms with Crippen molar-refractivity contribution in [3.63, 3.8) is 0 Å². The molecule has 0 aromatic heterocycles. The molecule has 2 rings (SSSR count). The molecule has 0 amide bonds. The van der Waals surface area contributed by atoms with Crippen LogP contribution in [0.1, 0.15) is 33.6 Å². The maximum atomic E-state index is 11.7. The van der Waals surface area contributed by atoms with E-state index >= 15 is 0 Å². The van der Waals surface area contributed by atoms with Gasteiger partial charge in [-0.25, -0.2) is 4.79 Å². The Morgan fingerprint density at radius 3 is 3.00 bits per heavy atom. The fourth-order valence-corrected chi connectivity index (χ4v) is 2.04. The molecule has 1 fully saturated rings. The first-order valence-corrected chi connectivity index (χ1v) is 6.34. The third-order valence-electron chi connectivity index (χ3n) is 3.23. The molecule has 2 aliphatic rings. The van der Waals surface area contributed by atoms with Crippen LogP contribution in [0.15, 0.2) is 11.6 Å². The van der Waals surface area contributed by atoms with Gasteiger partial charge >= 0.3 is 5.97 Å². The summed E-state index contributed by atoms with van der Waals surface area (Å²) in [5.41, 5.74) is 0.693. The zero-order valence-corrected chi connectivity index (χ0v) is 10.6. The first-order chi connectivity index (χ1) is 8.15. The fraction of sp³-hybridized carbons (Fsp3) is 0.769. The minimum absolute atomic E-state index is 0.0943. The Bertz CT molecular complexity index is 323. The average Bonchev–Trinajstić information content (AvgIpc) is 3.08. The second kappa shape index (κ2) is 5.19. The molecule has 1 heterocycles. The SMILES string of the molecule is CCOC(=O)C1=C[C@@H](OC(C)CC)[C@@H]2O[C@@H]2C1. The van der Waals surface area contributed by atoms with Crippen LogP contribution in [0.4, 0.5) is 0 Å². The second-order valence-electron chi connectivity index (χ2n) is 4.58. The van der Waals surface area contributed by atoms with Crippen LogP contribution >= 0.6 is 0 Å². The van der Waals surface area contributed by atoms with Crippen molar-refractivity contribution in [3.8, 4) is 0 Å². The minimum atomic E-state index is -0.237. The third-order valence-corrected chi connectivity index (χ3v) is 3.23. The molecule has 0 bridgehead atoms. The van der Waals surface area contributed by atoms with Crippen LogP contribution in [0.2, 0.25) is 0 Å². The van der Waals surface area contributed by atoms with Crippen LogP contribution in [0, 0.1) is 0 Å². The molecular weight excluding hydrogens is 220 g/mol. The molecule has 0 aromatic carbocycles. The normalized spacial score (nSPS) is 32.4. The highest BCUT2D eigenvalue weighted by Crippen LogP contribution is 2.38. The Balaban J connectivity index is 2.00. The van der Waals surface area contributed by atoms with E-state index in [1.54, 1.807) is 0 Å². The van der Waals surface area contributed by atoms with Crippen LogP contribution in [-0.2, 0) is 19.0 Å². The second-order valence-corrected chi connectivity index (χ2v) is 4.58. The quantitative estimate of drug-likeness (QED) is 0.543. The van der Waals surface area contributed by atoms with Crippen molar-refractivity contribution in [2.75, 3.05) is 6.61 Å². The van der Waals surface area contributed by atoms with Crippen molar-refractivity contribution < 1.29 is 19.0 Å². The number of fused-ring (bicyclic) bond motifs is 1. The van der Waals surface area contributed by atoms with Gasteiger partial charge in [0.1, 0.15) is 12.2 Å². The summed E-state index contributed by atoms with van der Waals surface area (Å²) in [5, 5.41) is 0. The van der Waals surface area contributed by atoms with Crippen LogP contribution in [-0.4, -0.2) is 37.0 Å². The summed E-state index contributed by atoms with van der Waals surface area (Å²) in [7, 11) is 0. The lowest BCUT2D eigenvalue weighted by Crippen LogP contribution is -2.29. The molecule has 17 heavy (non-hydrogen) atoms. The molecule has 0 spiro atoms. The fourth-order valence-electron chi connectivity index (χ4n) is 2.04. The van der Waals surface area contributed by atoms with Gasteiger partial charge in [-0.05, 0) is 26.3 Å². The molecule has 1 aliphatic carbocycles. The Hall–Kier alpha value is -0.870. The minimum Gasteiger partial charge on any atom is -0.463 e. The molecule has 1 saturated heterocycles. The molecular formula is C13H20O4. The van der Waals surface area contributed by atoms with Gasteiger partial charge in [-0.1, -0.05) is 6.92 Å². The van der Waals surface area contributed by atoms with E-state index in [2.05, 4.69) is 6.92 Å². The molecule has 4 nitrogen and oxygen atoms in total. The average molecular weight is 240 g/mol. The Morgan fingerprint density at radius 2 is 2.35 bits per heavy atom. The van der Waals surface area contributed by atoms with Crippen LogP contribution in [0.3, 0.4) is 0 Å². The smallest absolute Gasteiger partial charge is 0.333 e. The van der Waals surface area contributed by atoms with E-state index in [0.717, 1.165) is 6.42 Å². The maximum Gasteiger partial charge on any atom is 0.333 e. The Labute approximate surface area is 102 Å². The number of esters is 1. The molecule has 0 saturated carbocycles. The van der Waals surface area contributed by atoms with Gasteiger partial charge in [0.2, 0.25) is 0 Å². The molecule has 96 valence electrons. The lowest BCUT2D eigenvalue weighted by molar-refractivity contribution is -0.138. The van der Waals surface area contributed by atoms with E-state index < -0.39 is 0 Å². The Kier molecular flexibility index (Phi) is 3.84. The number of carbonyl (C=O) groups is 1. The van der Waals surface area contributed by atoms with E-state index in [-0.39, 0.29) is 30.4 Å². The van der Waals surface area contributed by atoms with Gasteiger partial charge in [0.25, 0.3) is 0 Å². The van der Waals surface area contributed by atoms with Gasteiger partial charge in [0, 0.05) is 12.0 Å². The summed E-state index contributed by atoms with van der Waals surface area (Å²) in [6.07, 6.45) is 3.86. The number of hydrogen-bond acceptors (Lipinski definition) is 4. The van der Waals surface area contributed by atoms with Crippen molar-refractivity contribution in [1.29, 1.82) is 0 Å². The Morgan fingerprint density at radius 1 is 1.59 bits per heavy atom. The van der Waals surface area contributed by atoms with Crippen molar-refractivity contribution in [2.45, 2.75) is 58.0 Å². The molecule has 0 radical (unpaired) electrons. The molecule has 1 unspecified atom stereocenters. The zero-order chi connectivity index (χ0) is 12.4. The van der Waals surface area contributed by atoms with Gasteiger partial charge in [-0.3, -0.25) is 0 Å². The van der Waals surface area contributed by atoms with E-state index in [4.69, 9.17) is 14.2 Å². The van der Waals surface area contributed by atoms with Gasteiger partial charge in [0.15, 0.2) is 0 Å². The van der Waals surface area contributed by atoms with Gasteiger partial charge in [0.05, 0.1) is 18.8 Å². The molecule has 0 N–H and O–H groups in total. The number of hydrogen-bond donors (Lipinski definition) is 0. The van der Waals surface area contributed by atoms with E-state index in [0.29, 0.717) is 18.6 Å². The van der Waals surface area contributed by atoms with Crippen LogP contribution in [0.5, 0.6) is 0 Å². The van der Waals surface area contributed by atoms with Gasteiger partial charge < -0.3 is 14.2 Å². The predicted molar refractivity (Wildman–Crippen MR) is 62.6 cm³/mol. The highest BCUT2D eigenvalue weighted by atomic mass is 16.6. The summed E-state index contributed by atoms with van der Waals surface area (Å²) in [4.78, 5) is 11.7. The van der Waals surface area contributed by atoms with Crippen molar-refractivity contribution in [2.24, 2.45) is 0 Å². The summed E-state index contributed by atoms with van der Waals surface area (Å²) >= 11 is 0. The van der Waals surface area contributed by atoms with E-state index in [1.165, 1.54) is 0 Å². The topological polar surface area (TPSA) is 48.1 Å². The number of epoxide rings is 1. The highest BCUT2D eigenvalue weighted by Gasteiger charge is 2.49. The van der Waals surface area contributed by atoms with Gasteiger partial charge in [-0.15, -0.1) is 0 Å². The molecule has 1 aliphatic heterocycles. The molecule has 4 heteroatoms. The summed E-state index contributed by atoms with van der Waals surface area (Å²) < 4.78 is 16.4. The van der Waals surface area contributed by atoms with Crippen molar-refractivity contribution in [1.82, 2.24) is 0 Å². The molecule has 4 atom stereocenters. The van der Waals surface area contributed by atoms with Gasteiger partial charge in [-0.2, -0.15) is 0 Å². The lowest BCUT2D eigenvalue weighted by atomic mass is 9.97.